The molecular formula is C36H24BrN. The van der Waals surface area contributed by atoms with Crippen LogP contribution < -0.4 is 0 Å². The number of benzene rings is 6. The van der Waals surface area contributed by atoms with E-state index in [0.717, 1.165) is 4.47 Å². The average molecular weight is 550 g/mol. The smallest absolute Gasteiger partial charge is 0.0547 e. The van der Waals surface area contributed by atoms with Crippen molar-refractivity contribution >= 4 is 60.2 Å². The summed E-state index contributed by atoms with van der Waals surface area (Å²) in [7, 11) is 0. The van der Waals surface area contributed by atoms with Gasteiger partial charge in [-0.25, -0.2) is 0 Å². The lowest BCUT2D eigenvalue weighted by atomic mass is 9.95. The van der Waals surface area contributed by atoms with Gasteiger partial charge < -0.3 is 4.57 Å². The lowest BCUT2D eigenvalue weighted by molar-refractivity contribution is 1.20. The van der Waals surface area contributed by atoms with Gasteiger partial charge in [0.2, 0.25) is 0 Å². The maximum absolute atomic E-state index is 3.71. The van der Waals surface area contributed by atoms with Crippen molar-refractivity contribution in [3.63, 3.8) is 0 Å². The second-order valence-corrected chi connectivity index (χ2v) is 10.5. The van der Waals surface area contributed by atoms with Crippen molar-refractivity contribution in [2.45, 2.75) is 0 Å². The maximum Gasteiger partial charge on any atom is 0.0547 e. The summed E-state index contributed by atoms with van der Waals surface area (Å²) >= 11 is 3.71. The maximum atomic E-state index is 3.71. The van der Waals surface area contributed by atoms with Gasteiger partial charge in [0.05, 0.1) is 16.7 Å². The molecule has 0 bridgehead atoms. The highest BCUT2D eigenvalue weighted by Crippen LogP contribution is 2.38. The van der Waals surface area contributed by atoms with E-state index in [1.165, 1.54) is 60.5 Å². The summed E-state index contributed by atoms with van der Waals surface area (Å²) in [6.07, 6.45) is 2.29. The van der Waals surface area contributed by atoms with E-state index >= 15 is 0 Å². The number of nitrogens with zero attached hydrogens (tertiary/aromatic N) is 1. The van der Waals surface area contributed by atoms with Crippen molar-refractivity contribution in [2.24, 2.45) is 0 Å². The Labute approximate surface area is 230 Å². The molecule has 0 aliphatic rings. The molecule has 0 amide bonds. The van der Waals surface area contributed by atoms with Crippen LogP contribution in [-0.4, -0.2) is 4.57 Å². The van der Waals surface area contributed by atoms with Crippen LogP contribution in [-0.2, 0) is 0 Å². The van der Waals surface area contributed by atoms with E-state index in [9.17, 15) is 0 Å². The molecule has 0 radical (unpaired) electrons. The van der Waals surface area contributed by atoms with E-state index in [0.29, 0.717) is 0 Å². The molecule has 0 saturated carbocycles. The number of aromatic nitrogens is 1. The van der Waals surface area contributed by atoms with Gasteiger partial charge in [0, 0.05) is 20.6 Å². The Morgan fingerprint density at radius 1 is 0.526 bits per heavy atom. The van der Waals surface area contributed by atoms with Gasteiger partial charge in [0.1, 0.15) is 0 Å². The average Bonchev–Trinajstić information content (AvgIpc) is 3.29. The summed E-state index contributed by atoms with van der Waals surface area (Å²) in [5.41, 5.74) is 8.37. The standard InChI is InChI=1S/C36H24BrN/c37-29-19-21-35-33(24-29)31-20-18-28(32(27-12-5-2-6-13-27)22-25-10-3-1-4-11-25)23-36(31)38(35)34-17-9-15-26-14-7-8-16-30(26)34/h1-24H. The number of fused-ring (bicyclic) bond motifs is 4. The van der Waals surface area contributed by atoms with Crippen molar-refractivity contribution in [3.8, 4) is 5.69 Å². The first-order valence-corrected chi connectivity index (χ1v) is 13.6. The molecule has 1 aromatic heterocycles. The molecule has 1 nitrogen and oxygen atoms in total. The third kappa shape index (κ3) is 3.95. The minimum absolute atomic E-state index is 1.08. The number of hydrogen-bond donors (Lipinski definition) is 0. The molecule has 0 N–H and O–H groups in total. The Hall–Kier alpha value is -4.40. The molecule has 7 aromatic rings. The van der Waals surface area contributed by atoms with Gasteiger partial charge in [-0.3, -0.25) is 0 Å². The van der Waals surface area contributed by atoms with Gasteiger partial charge in [-0.2, -0.15) is 0 Å². The molecule has 0 saturated heterocycles. The molecule has 180 valence electrons. The molecule has 0 atom stereocenters. The summed E-state index contributed by atoms with van der Waals surface area (Å²) in [6, 6.07) is 49.9. The third-order valence-corrected chi connectivity index (χ3v) is 7.74. The van der Waals surface area contributed by atoms with Crippen molar-refractivity contribution in [1.29, 1.82) is 0 Å². The van der Waals surface area contributed by atoms with Gasteiger partial charge in [-0.05, 0) is 64.1 Å². The van der Waals surface area contributed by atoms with Crippen LogP contribution in [0.4, 0.5) is 0 Å². The Bertz CT molecular complexity index is 1960. The van der Waals surface area contributed by atoms with Crippen LogP contribution in [0.25, 0.3) is 49.9 Å². The first kappa shape index (κ1) is 22.8. The van der Waals surface area contributed by atoms with Gasteiger partial charge in [-0.15, -0.1) is 0 Å². The zero-order chi connectivity index (χ0) is 25.5. The summed E-state index contributed by atoms with van der Waals surface area (Å²) in [4.78, 5) is 0. The van der Waals surface area contributed by atoms with E-state index in [1.807, 2.05) is 0 Å². The van der Waals surface area contributed by atoms with E-state index < -0.39 is 0 Å². The summed E-state index contributed by atoms with van der Waals surface area (Å²) < 4.78 is 3.51. The highest BCUT2D eigenvalue weighted by atomic mass is 79.9. The van der Waals surface area contributed by atoms with Crippen LogP contribution in [0.3, 0.4) is 0 Å². The first-order chi connectivity index (χ1) is 18.8. The van der Waals surface area contributed by atoms with Gasteiger partial charge in [0.25, 0.3) is 0 Å². The molecule has 0 fully saturated rings. The molecule has 0 spiro atoms. The Morgan fingerprint density at radius 2 is 1.26 bits per heavy atom. The van der Waals surface area contributed by atoms with Crippen LogP contribution >= 0.6 is 15.9 Å². The third-order valence-electron chi connectivity index (χ3n) is 7.24. The monoisotopic (exact) mass is 549 g/mol. The van der Waals surface area contributed by atoms with Gasteiger partial charge >= 0.3 is 0 Å². The molecule has 38 heavy (non-hydrogen) atoms. The molecule has 1 heterocycles. The lowest BCUT2D eigenvalue weighted by Gasteiger charge is -2.13. The molecule has 0 unspecified atom stereocenters. The van der Waals surface area contributed by atoms with Crippen molar-refractivity contribution in [1.82, 2.24) is 4.57 Å². The van der Waals surface area contributed by atoms with E-state index in [-0.39, 0.29) is 0 Å². The van der Waals surface area contributed by atoms with Crippen molar-refractivity contribution < 1.29 is 0 Å². The predicted octanol–water partition coefficient (Wildman–Crippen LogP) is 10.3. The van der Waals surface area contributed by atoms with Crippen molar-refractivity contribution in [2.75, 3.05) is 0 Å². The van der Waals surface area contributed by atoms with Crippen molar-refractivity contribution in [3.05, 3.63) is 161 Å². The molecular weight excluding hydrogens is 526 g/mol. The van der Waals surface area contributed by atoms with E-state index in [1.54, 1.807) is 0 Å². The second kappa shape index (κ2) is 9.48. The molecule has 7 rings (SSSR count). The Kier molecular flexibility index (Phi) is 5.68. The van der Waals surface area contributed by atoms with Gasteiger partial charge in [0.15, 0.2) is 0 Å². The number of halogens is 1. The minimum atomic E-state index is 1.08. The molecule has 2 heteroatoms. The fourth-order valence-corrected chi connectivity index (χ4v) is 5.85. The van der Waals surface area contributed by atoms with Crippen LogP contribution in [0.1, 0.15) is 16.7 Å². The Balaban J connectivity index is 1.55. The normalized spacial score (nSPS) is 12.0. The first-order valence-electron chi connectivity index (χ1n) is 12.8. The molecule has 0 aliphatic heterocycles. The second-order valence-electron chi connectivity index (χ2n) is 9.56. The number of rotatable bonds is 4. The largest absolute Gasteiger partial charge is 0.309 e. The zero-order valence-corrected chi connectivity index (χ0v) is 22.3. The SMILES string of the molecule is Brc1ccc2c(c1)c1ccc(C(=Cc3ccccc3)c3ccccc3)cc1n2-c1cccc2ccccc12. The fraction of sp³-hybridized carbons (Fsp3) is 0. The van der Waals surface area contributed by atoms with Crippen LogP contribution in [0.15, 0.2) is 144 Å². The Morgan fingerprint density at radius 3 is 2.11 bits per heavy atom. The zero-order valence-electron chi connectivity index (χ0n) is 20.7. The van der Waals surface area contributed by atoms with Crippen LogP contribution in [0, 0.1) is 0 Å². The fourth-order valence-electron chi connectivity index (χ4n) is 5.49. The predicted molar refractivity (Wildman–Crippen MR) is 166 cm³/mol. The van der Waals surface area contributed by atoms with E-state index in [4.69, 9.17) is 0 Å². The molecule has 0 aliphatic carbocycles. The minimum Gasteiger partial charge on any atom is -0.309 e. The topological polar surface area (TPSA) is 4.93 Å². The lowest BCUT2D eigenvalue weighted by Crippen LogP contribution is -1.96. The highest BCUT2D eigenvalue weighted by molar-refractivity contribution is 9.10. The van der Waals surface area contributed by atoms with Crippen LogP contribution in [0.2, 0.25) is 0 Å². The summed E-state index contributed by atoms with van der Waals surface area (Å²) in [5, 5.41) is 4.96. The number of hydrogen-bond acceptors (Lipinski definition) is 0. The molecule has 6 aromatic carbocycles. The summed E-state index contributed by atoms with van der Waals surface area (Å²) in [6.45, 7) is 0. The van der Waals surface area contributed by atoms with Crippen LogP contribution in [0.5, 0.6) is 0 Å². The van der Waals surface area contributed by atoms with Gasteiger partial charge in [-0.1, -0.05) is 125 Å². The van der Waals surface area contributed by atoms with E-state index in [2.05, 4.69) is 166 Å². The quantitative estimate of drug-likeness (QED) is 0.192. The highest BCUT2D eigenvalue weighted by Gasteiger charge is 2.16. The summed E-state index contributed by atoms with van der Waals surface area (Å²) in [5.74, 6) is 0.